The number of aliphatic carboxylic acids is 1. The van der Waals surface area contributed by atoms with Gasteiger partial charge in [-0.15, -0.1) is 0 Å². The topological polar surface area (TPSA) is 110 Å². The molecule has 2 rings (SSSR count). The van der Waals surface area contributed by atoms with E-state index in [1.54, 1.807) is 12.1 Å². The number of carboxylic acid groups (broad SMARTS) is 1. The Morgan fingerprint density at radius 3 is 1.65 bits per heavy atom. The number of carboxylic acids is 1. The van der Waals surface area contributed by atoms with E-state index >= 15 is 0 Å². The SMILES string of the molecule is NC(C(=O)O)c1ccc(F)cc1.NC(CO)c1ccc(F)cc1. The summed E-state index contributed by atoms with van der Waals surface area (Å²) in [7, 11) is 0. The predicted octanol–water partition coefficient (Wildman–Crippen LogP) is 1.73. The molecule has 124 valence electrons. The van der Waals surface area contributed by atoms with E-state index in [0.29, 0.717) is 5.56 Å². The lowest BCUT2D eigenvalue weighted by atomic mass is 10.1. The zero-order valence-corrected chi connectivity index (χ0v) is 12.2. The molecule has 0 heterocycles. The Morgan fingerprint density at radius 1 is 0.913 bits per heavy atom. The third-order valence-electron chi connectivity index (χ3n) is 2.99. The van der Waals surface area contributed by atoms with E-state index in [1.165, 1.54) is 36.4 Å². The number of carbonyl (C=O) groups is 1. The predicted molar refractivity (Wildman–Crippen MR) is 81.4 cm³/mol. The van der Waals surface area contributed by atoms with Crippen molar-refractivity contribution >= 4 is 5.97 Å². The largest absolute Gasteiger partial charge is 0.480 e. The van der Waals surface area contributed by atoms with Gasteiger partial charge in [-0.05, 0) is 35.4 Å². The average Bonchev–Trinajstić information content (AvgIpc) is 2.55. The monoisotopic (exact) mass is 324 g/mol. The Balaban J connectivity index is 0.000000231. The lowest BCUT2D eigenvalue weighted by Crippen LogP contribution is -2.20. The number of nitrogens with two attached hydrogens (primary N) is 2. The van der Waals surface area contributed by atoms with E-state index in [4.69, 9.17) is 21.7 Å². The van der Waals surface area contributed by atoms with Gasteiger partial charge < -0.3 is 21.7 Å². The first-order chi connectivity index (χ1) is 10.8. The molecule has 5 nitrogen and oxygen atoms in total. The van der Waals surface area contributed by atoms with Gasteiger partial charge in [0.05, 0.1) is 12.6 Å². The van der Waals surface area contributed by atoms with Gasteiger partial charge in [-0.2, -0.15) is 0 Å². The lowest BCUT2D eigenvalue weighted by Gasteiger charge is -2.06. The minimum atomic E-state index is -1.12. The summed E-state index contributed by atoms with van der Waals surface area (Å²) in [5, 5.41) is 17.1. The van der Waals surface area contributed by atoms with Crippen LogP contribution in [0.15, 0.2) is 48.5 Å². The number of hydrogen-bond donors (Lipinski definition) is 4. The van der Waals surface area contributed by atoms with Gasteiger partial charge in [0.1, 0.15) is 17.7 Å². The summed E-state index contributed by atoms with van der Waals surface area (Å²) in [6, 6.07) is 9.36. The maximum atomic E-state index is 12.4. The first-order valence-corrected chi connectivity index (χ1v) is 6.71. The molecular formula is C16H18F2N2O3. The van der Waals surface area contributed by atoms with Crippen molar-refractivity contribution < 1.29 is 23.8 Å². The van der Waals surface area contributed by atoms with Crippen molar-refractivity contribution in [3.63, 3.8) is 0 Å². The third kappa shape index (κ3) is 6.11. The number of halogens is 2. The van der Waals surface area contributed by atoms with Crippen LogP contribution in [0.2, 0.25) is 0 Å². The fourth-order valence-electron chi connectivity index (χ4n) is 1.63. The quantitative estimate of drug-likeness (QED) is 0.685. The van der Waals surface area contributed by atoms with E-state index in [-0.39, 0.29) is 12.4 Å². The average molecular weight is 324 g/mol. The van der Waals surface area contributed by atoms with Gasteiger partial charge in [-0.25, -0.2) is 8.78 Å². The molecule has 0 aromatic heterocycles. The second-order valence-corrected chi connectivity index (χ2v) is 4.71. The highest BCUT2D eigenvalue weighted by molar-refractivity contribution is 5.75. The zero-order chi connectivity index (χ0) is 17.4. The van der Waals surface area contributed by atoms with E-state index in [2.05, 4.69) is 0 Å². The molecule has 0 radical (unpaired) electrons. The van der Waals surface area contributed by atoms with Crippen molar-refractivity contribution in [3.8, 4) is 0 Å². The molecule has 2 aromatic rings. The van der Waals surface area contributed by atoms with Gasteiger partial charge in [-0.3, -0.25) is 4.79 Å². The van der Waals surface area contributed by atoms with Crippen LogP contribution in [0.3, 0.4) is 0 Å². The molecule has 7 heteroatoms. The Bertz CT molecular complexity index is 618. The fraction of sp³-hybridized carbons (Fsp3) is 0.188. The van der Waals surface area contributed by atoms with E-state index in [0.717, 1.165) is 5.56 Å². The van der Waals surface area contributed by atoms with Crippen LogP contribution in [-0.2, 0) is 4.79 Å². The second-order valence-electron chi connectivity index (χ2n) is 4.71. The highest BCUT2D eigenvalue weighted by Crippen LogP contribution is 2.11. The lowest BCUT2D eigenvalue weighted by molar-refractivity contribution is -0.138. The van der Waals surface area contributed by atoms with Gasteiger partial charge >= 0.3 is 5.97 Å². The Morgan fingerprint density at radius 2 is 1.30 bits per heavy atom. The molecule has 2 aromatic carbocycles. The van der Waals surface area contributed by atoms with Crippen LogP contribution < -0.4 is 11.5 Å². The van der Waals surface area contributed by atoms with Crippen molar-refractivity contribution in [2.45, 2.75) is 12.1 Å². The molecule has 2 atom stereocenters. The van der Waals surface area contributed by atoms with Crippen LogP contribution in [0.5, 0.6) is 0 Å². The highest BCUT2D eigenvalue weighted by atomic mass is 19.1. The third-order valence-corrected chi connectivity index (χ3v) is 2.99. The van der Waals surface area contributed by atoms with Gasteiger partial charge in [-0.1, -0.05) is 24.3 Å². The maximum Gasteiger partial charge on any atom is 0.325 e. The molecule has 0 fully saturated rings. The molecule has 23 heavy (non-hydrogen) atoms. The van der Waals surface area contributed by atoms with Crippen molar-refractivity contribution in [3.05, 3.63) is 71.3 Å². The molecule has 0 aliphatic rings. The van der Waals surface area contributed by atoms with Crippen LogP contribution in [0.4, 0.5) is 8.78 Å². The zero-order valence-electron chi connectivity index (χ0n) is 12.2. The number of benzene rings is 2. The van der Waals surface area contributed by atoms with Crippen LogP contribution in [0.1, 0.15) is 23.2 Å². The van der Waals surface area contributed by atoms with Crippen LogP contribution in [-0.4, -0.2) is 22.8 Å². The number of aliphatic hydroxyl groups is 1. The first kappa shape index (κ1) is 18.7. The van der Waals surface area contributed by atoms with E-state index in [9.17, 15) is 13.6 Å². The molecule has 0 bridgehead atoms. The van der Waals surface area contributed by atoms with E-state index < -0.39 is 23.9 Å². The van der Waals surface area contributed by atoms with Crippen LogP contribution in [0.25, 0.3) is 0 Å². The van der Waals surface area contributed by atoms with Crippen LogP contribution >= 0.6 is 0 Å². The summed E-state index contributed by atoms with van der Waals surface area (Å²) in [5.74, 6) is -1.82. The molecule has 0 aliphatic heterocycles. The Labute approximate surface area is 132 Å². The molecule has 0 spiro atoms. The maximum absolute atomic E-state index is 12.4. The minimum Gasteiger partial charge on any atom is -0.480 e. The molecule has 0 amide bonds. The molecule has 0 saturated heterocycles. The normalized spacial score (nSPS) is 12.7. The minimum absolute atomic E-state index is 0.119. The summed E-state index contributed by atoms with van der Waals surface area (Å²) < 4.78 is 24.7. The first-order valence-electron chi connectivity index (χ1n) is 6.71. The Hall–Kier alpha value is -2.35. The number of rotatable bonds is 4. The second kappa shape index (κ2) is 8.94. The molecule has 0 aliphatic carbocycles. The van der Waals surface area contributed by atoms with Gasteiger partial charge in [0.2, 0.25) is 0 Å². The highest BCUT2D eigenvalue weighted by Gasteiger charge is 2.13. The standard InChI is InChI=1S/C8H8FNO2.C8H10FNO/c9-6-3-1-5(2-4-6)7(10)8(11)12;9-7-3-1-6(2-4-7)8(10)5-11/h1-4,7H,10H2,(H,11,12);1-4,8,11H,5,10H2. The summed E-state index contributed by atoms with van der Waals surface area (Å²) in [5.41, 5.74) is 11.9. The van der Waals surface area contributed by atoms with Gasteiger partial charge in [0, 0.05) is 0 Å². The number of hydrogen-bond acceptors (Lipinski definition) is 4. The Kier molecular flexibility index (Phi) is 7.27. The number of aliphatic hydroxyl groups excluding tert-OH is 1. The summed E-state index contributed by atoms with van der Waals surface area (Å²) in [6.07, 6.45) is 0. The summed E-state index contributed by atoms with van der Waals surface area (Å²) in [4.78, 5) is 10.4. The molecular weight excluding hydrogens is 306 g/mol. The van der Waals surface area contributed by atoms with Crippen molar-refractivity contribution in [2.24, 2.45) is 11.5 Å². The molecule has 2 unspecified atom stereocenters. The molecule has 6 N–H and O–H groups in total. The van der Waals surface area contributed by atoms with E-state index in [1.807, 2.05) is 0 Å². The van der Waals surface area contributed by atoms with Crippen molar-refractivity contribution in [1.82, 2.24) is 0 Å². The van der Waals surface area contributed by atoms with Crippen molar-refractivity contribution in [2.75, 3.05) is 6.61 Å². The summed E-state index contributed by atoms with van der Waals surface area (Å²) in [6.45, 7) is -0.119. The fourth-order valence-corrected chi connectivity index (χ4v) is 1.63. The van der Waals surface area contributed by atoms with Crippen molar-refractivity contribution in [1.29, 1.82) is 0 Å². The molecule has 0 saturated carbocycles. The van der Waals surface area contributed by atoms with Gasteiger partial charge in [0.15, 0.2) is 0 Å². The summed E-state index contributed by atoms with van der Waals surface area (Å²) >= 11 is 0. The van der Waals surface area contributed by atoms with Gasteiger partial charge in [0.25, 0.3) is 0 Å². The van der Waals surface area contributed by atoms with Crippen LogP contribution in [0, 0.1) is 11.6 Å². The smallest absolute Gasteiger partial charge is 0.325 e.